The number of aliphatic hydroxyl groups excluding tert-OH is 1. The van der Waals surface area contributed by atoms with E-state index in [4.69, 9.17) is 16.3 Å². The molecule has 0 bridgehead atoms. The Morgan fingerprint density at radius 3 is 2.31 bits per heavy atom. The number of nitrogens with zero attached hydrogens (tertiary/aromatic N) is 2. The van der Waals surface area contributed by atoms with Crippen molar-refractivity contribution in [3.05, 3.63) is 65.2 Å². The Bertz CT molecular complexity index is 657. The first-order valence-corrected chi connectivity index (χ1v) is 9.57. The minimum Gasteiger partial charge on any atom is -0.389 e. The highest BCUT2D eigenvalue weighted by atomic mass is 35.5. The van der Waals surface area contributed by atoms with Crippen molar-refractivity contribution in [2.24, 2.45) is 0 Å². The van der Waals surface area contributed by atoms with Gasteiger partial charge in [0.05, 0.1) is 18.8 Å². The second-order valence-corrected chi connectivity index (χ2v) is 7.24. The molecule has 2 aromatic carbocycles. The molecule has 1 aliphatic heterocycles. The van der Waals surface area contributed by atoms with E-state index >= 15 is 0 Å². The molecule has 1 N–H and O–H groups in total. The maximum absolute atomic E-state index is 10.3. The van der Waals surface area contributed by atoms with E-state index in [2.05, 4.69) is 34.1 Å². The molecule has 2 atom stereocenters. The van der Waals surface area contributed by atoms with Gasteiger partial charge < -0.3 is 14.7 Å². The molecule has 0 amide bonds. The van der Waals surface area contributed by atoms with Crippen LogP contribution in [0.5, 0.6) is 0 Å². The highest BCUT2D eigenvalue weighted by Crippen LogP contribution is 2.20. The van der Waals surface area contributed by atoms with Gasteiger partial charge in [-0.25, -0.2) is 0 Å². The summed E-state index contributed by atoms with van der Waals surface area (Å²) in [5, 5.41) is 11.0. The fourth-order valence-corrected chi connectivity index (χ4v) is 3.39. The molecule has 0 radical (unpaired) electrons. The standard InChI is InChI=1S/C21H27ClN2O2/c1-17(18-7-9-19(22)10-8-18)26-16-21(25)15-23-11-13-24(14-12-23)20-5-3-2-4-6-20/h2-10,17,21,25H,11-16H2,1H3/t17-,21-/m0/s1. The Hall–Kier alpha value is -1.59. The molecular weight excluding hydrogens is 348 g/mol. The number of halogens is 1. The van der Waals surface area contributed by atoms with E-state index < -0.39 is 6.10 Å². The minimum absolute atomic E-state index is 0.0585. The van der Waals surface area contributed by atoms with Crippen LogP contribution in [-0.2, 0) is 4.74 Å². The van der Waals surface area contributed by atoms with Gasteiger partial charge in [0, 0.05) is 43.4 Å². The van der Waals surface area contributed by atoms with Gasteiger partial charge in [-0.15, -0.1) is 0 Å². The molecule has 0 aromatic heterocycles. The van der Waals surface area contributed by atoms with Crippen LogP contribution in [0.25, 0.3) is 0 Å². The van der Waals surface area contributed by atoms with E-state index in [0.29, 0.717) is 13.2 Å². The molecule has 5 heteroatoms. The van der Waals surface area contributed by atoms with Crippen LogP contribution in [0.2, 0.25) is 5.02 Å². The summed E-state index contributed by atoms with van der Waals surface area (Å²) in [6.45, 7) is 6.86. The lowest BCUT2D eigenvalue weighted by atomic mass is 10.1. The predicted molar refractivity (Wildman–Crippen MR) is 107 cm³/mol. The number of hydrogen-bond donors (Lipinski definition) is 1. The average molecular weight is 375 g/mol. The maximum Gasteiger partial charge on any atom is 0.0900 e. The summed E-state index contributed by atoms with van der Waals surface area (Å²) in [5.74, 6) is 0. The maximum atomic E-state index is 10.3. The van der Waals surface area contributed by atoms with Crippen molar-refractivity contribution in [1.29, 1.82) is 0 Å². The van der Waals surface area contributed by atoms with Gasteiger partial charge in [-0.2, -0.15) is 0 Å². The van der Waals surface area contributed by atoms with Gasteiger partial charge >= 0.3 is 0 Å². The molecule has 1 fully saturated rings. The third-order valence-electron chi connectivity index (χ3n) is 4.84. The summed E-state index contributed by atoms with van der Waals surface area (Å²) in [5.41, 5.74) is 2.34. The van der Waals surface area contributed by atoms with Gasteiger partial charge in [-0.3, -0.25) is 4.90 Å². The van der Waals surface area contributed by atoms with E-state index in [9.17, 15) is 5.11 Å². The number of piperazine rings is 1. The van der Waals surface area contributed by atoms with Crippen LogP contribution in [-0.4, -0.2) is 55.4 Å². The van der Waals surface area contributed by atoms with Crippen LogP contribution in [0.4, 0.5) is 5.69 Å². The number of hydrogen-bond acceptors (Lipinski definition) is 4. The van der Waals surface area contributed by atoms with E-state index in [1.54, 1.807) is 0 Å². The topological polar surface area (TPSA) is 35.9 Å². The van der Waals surface area contributed by atoms with Gasteiger partial charge in [0.15, 0.2) is 0 Å². The van der Waals surface area contributed by atoms with Crippen molar-refractivity contribution >= 4 is 17.3 Å². The van der Waals surface area contributed by atoms with Crippen molar-refractivity contribution in [3.8, 4) is 0 Å². The normalized spacial score (nSPS) is 17.9. The first-order chi connectivity index (χ1) is 12.6. The lowest BCUT2D eigenvalue weighted by molar-refractivity contribution is -0.0162. The highest BCUT2D eigenvalue weighted by molar-refractivity contribution is 6.30. The molecule has 0 spiro atoms. The number of benzene rings is 2. The molecule has 4 nitrogen and oxygen atoms in total. The van der Waals surface area contributed by atoms with Gasteiger partial charge in [-0.05, 0) is 36.8 Å². The average Bonchev–Trinajstić information content (AvgIpc) is 2.68. The second kappa shape index (κ2) is 9.38. The van der Waals surface area contributed by atoms with Crippen LogP contribution in [0.1, 0.15) is 18.6 Å². The second-order valence-electron chi connectivity index (χ2n) is 6.80. The fourth-order valence-electron chi connectivity index (χ4n) is 3.26. The van der Waals surface area contributed by atoms with Crippen LogP contribution >= 0.6 is 11.6 Å². The molecule has 1 heterocycles. The van der Waals surface area contributed by atoms with Crippen LogP contribution < -0.4 is 4.90 Å². The van der Waals surface area contributed by atoms with Crippen LogP contribution in [0.3, 0.4) is 0 Å². The summed E-state index contributed by atoms with van der Waals surface area (Å²) in [7, 11) is 0. The Morgan fingerprint density at radius 1 is 1.00 bits per heavy atom. The molecule has 1 aliphatic rings. The Morgan fingerprint density at radius 2 is 1.65 bits per heavy atom. The van der Waals surface area contributed by atoms with Gasteiger partial charge in [-0.1, -0.05) is 41.9 Å². The van der Waals surface area contributed by atoms with E-state index in [1.807, 2.05) is 37.3 Å². The van der Waals surface area contributed by atoms with Crippen LogP contribution in [0, 0.1) is 0 Å². The Labute approximate surface area is 160 Å². The van der Waals surface area contributed by atoms with Crippen LogP contribution in [0.15, 0.2) is 54.6 Å². The van der Waals surface area contributed by atoms with Crippen molar-refractivity contribution < 1.29 is 9.84 Å². The largest absolute Gasteiger partial charge is 0.389 e. The summed E-state index contributed by atoms with van der Waals surface area (Å²) < 4.78 is 5.83. The Kier molecular flexibility index (Phi) is 6.92. The molecule has 26 heavy (non-hydrogen) atoms. The lowest BCUT2D eigenvalue weighted by Gasteiger charge is -2.37. The van der Waals surface area contributed by atoms with Crippen molar-refractivity contribution in [2.75, 3.05) is 44.2 Å². The molecule has 0 aliphatic carbocycles. The zero-order valence-electron chi connectivity index (χ0n) is 15.2. The molecule has 3 rings (SSSR count). The molecule has 0 unspecified atom stereocenters. The minimum atomic E-state index is -0.479. The zero-order chi connectivity index (χ0) is 18.4. The summed E-state index contributed by atoms with van der Waals surface area (Å²) in [4.78, 5) is 4.70. The van der Waals surface area contributed by atoms with E-state index in [0.717, 1.165) is 36.8 Å². The van der Waals surface area contributed by atoms with Gasteiger partial charge in [0.1, 0.15) is 0 Å². The molecule has 1 saturated heterocycles. The number of para-hydroxylation sites is 1. The van der Waals surface area contributed by atoms with Crippen molar-refractivity contribution in [2.45, 2.75) is 19.1 Å². The number of anilines is 1. The molecular formula is C21H27ClN2O2. The highest BCUT2D eigenvalue weighted by Gasteiger charge is 2.20. The predicted octanol–water partition coefficient (Wildman–Crippen LogP) is 3.60. The molecule has 2 aromatic rings. The third-order valence-corrected chi connectivity index (χ3v) is 5.09. The monoisotopic (exact) mass is 374 g/mol. The lowest BCUT2D eigenvalue weighted by Crippen LogP contribution is -2.49. The van der Waals surface area contributed by atoms with Crippen molar-refractivity contribution in [1.82, 2.24) is 4.90 Å². The van der Waals surface area contributed by atoms with Gasteiger partial charge in [0.25, 0.3) is 0 Å². The first kappa shape index (κ1) is 19.2. The van der Waals surface area contributed by atoms with Crippen molar-refractivity contribution in [3.63, 3.8) is 0 Å². The summed E-state index contributed by atoms with van der Waals surface area (Å²) in [6.07, 6.45) is -0.537. The third kappa shape index (κ3) is 5.45. The Balaban J connectivity index is 1.39. The van der Waals surface area contributed by atoms with Gasteiger partial charge in [0.2, 0.25) is 0 Å². The number of aliphatic hydroxyl groups is 1. The van der Waals surface area contributed by atoms with E-state index in [-0.39, 0.29) is 6.10 Å². The molecule has 0 saturated carbocycles. The quantitative estimate of drug-likeness (QED) is 0.803. The zero-order valence-corrected chi connectivity index (χ0v) is 16.0. The summed E-state index contributed by atoms with van der Waals surface area (Å²) >= 11 is 5.91. The number of β-amino-alcohol motifs (C(OH)–C–C–N with tert-alkyl or cyclic N) is 1. The molecule has 140 valence electrons. The first-order valence-electron chi connectivity index (χ1n) is 9.19. The van der Waals surface area contributed by atoms with E-state index in [1.165, 1.54) is 5.69 Å². The SMILES string of the molecule is C[C@H](OC[C@@H](O)CN1CCN(c2ccccc2)CC1)c1ccc(Cl)cc1. The fraction of sp³-hybridized carbons (Fsp3) is 0.429. The smallest absolute Gasteiger partial charge is 0.0900 e. The number of rotatable bonds is 7. The summed E-state index contributed by atoms with van der Waals surface area (Å²) in [6, 6.07) is 18.1. The number of ether oxygens (including phenoxy) is 1.